The first kappa shape index (κ1) is 28.1. The van der Waals surface area contributed by atoms with Crippen LogP contribution in [0.2, 0.25) is 0 Å². The summed E-state index contributed by atoms with van der Waals surface area (Å²) in [6, 6.07) is 13.1. The maximum absolute atomic E-state index is 14.9. The average molecular weight is 573 g/mol. The van der Waals surface area contributed by atoms with E-state index >= 15 is 0 Å². The van der Waals surface area contributed by atoms with Gasteiger partial charge in [-0.15, -0.1) is 0 Å². The number of Topliss-reactive ketones (excluding diaryl/α,β-unsaturated/α-hetero) is 1. The van der Waals surface area contributed by atoms with Gasteiger partial charge in [-0.2, -0.15) is 0 Å². The number of amides is 4. The number of hydrogen-bond donors (Lipinski definition) is 4. The van der Waals surface area contributed by atoms with Crippen molar-refractivity contribution in [2.45, 2.75) is 56.7 Å². The summed E-state index contributed by atoms with van der Waals surface area (Å²) in [5.74, 6) is -2.42. The van der Waals surface area contributed by atoms with Crippen LogP contribution < -0.4 is 16.0 Å². The molecule has 5 atom stereocenters. The van der Waals surface area contributed by atoms with Gasteiger partial charge >= 0.3 is 0 Å². The minimum atomic E-state index is -1.52. The van der Waals surface area contributed by atoms with Gasteiger partial charge in [0, 0.05) is 25.9 Å². The number of ketones is 1. The Bertz CT molecular complexity index is 1410. The molecule has 2 aromatic rings. The number of nitrogens with one attached hydrogen (secondary N) is 3. The van der Waals surface area contributed by atoms with Crippen molar-refractivity contribution in [1.29, 1.82) is 0 Å². The summed E-state index contributed by atoms with van der Waals surface area (Å²) >= 11 is 0. The molecule has 1 saturated carbocycles. The van der Waals surface area contributed by atoms with Crippen molar-refractivity contribution in [2.75, 3.05) is 19.7 Å². The lowest BCUT2D eigenvalue weighted by molar-refractivity contribution is -0.146. The Kier molecular flexibility index (Phi) is 7.34. The number of aliphatic hydroxyl groups is 1. The normalized spacial score (nSPS) is 25.7. The predicted molar refractivity (Wildman–Crippen MR) is 153 cm³/mol. The number of carbonyl (C=O) groups is 5. The first-order chi connectivity index (χ1) is 20.3. The Labute approximate surface area is 244 Å². The van der Waals surface area contributed by atoms with Crippen LogP contribution in [0.3, 0.4) is 0 Å². The third-order valence-electron chi connectivity index (χ3n) is 9.60. The monoisotopic (exact) mass is 572 g/mol. The first-order valence-electron chi connectivity index (χ1n) is 14.8. The Morgan fingerprint density at radius 3 is 2.29 bits per heavy atom. The Hall–Kier alpha value is -4.05. The molecule has 2 aliphatic carbocycles. The molecular weight excluding hydrogens is 536 g/mol. The molecule has 10 heteroatoms. The molecule has 4 aliphatic rings. The predicted octanol–water partition coefficient (Wildman–Crippen LogP) is 1.25. The van der Waals surface area contributed by atoms with Gasteiger partial charge in [0.05, 0.1) is 6.04 Å². The van der Waals surface area contributed by atoms with Gasteiger partial charge in [0.15, 0.2) is 11.3 Å². The SMILES string of the molecule is CC(=O)NC1(C(=O)N2C[C@H]3CCC[C@H]3[C@H]2C(=O)N[C@H](C[C@@H]2CCNC2=O)C(=O)CO)c2ccccc2-c2ccccc21. The Morgan fingerprint density at radius 1 is 1.02 bits per heavy atom. The van der Waals surface area contributed by atoms with Gasteiger partial charge in [0.2, 0.25) is 17.7 Å². The van der Waals surface area contributed by atoms with Crippen LogP contribution in [0, 0.1) is 17.8 Å². The van der Waals surface area contributed by atoms with Gasteiger partial charge in [-0.1, -0.05) is 55.0 Å². The summed E-state index contributed by atoms with van der Waals surface area (Å²) in [4.78, 5) is 68.4. The molecule has 4 N–H and O–H groups in total. The number of rotatable bonds is 8. The number of nitrogens with zero attached hydrogens (tertiary/aromatic N) is 1. The third-order valence-corrected chi connectivity index (χ3v) is 9.60. The fraction of sp³-hybridized carbons (Fsp3) is 0.469. The maximum atomic E-state index is 14.9. The minimum Gasteiger partial charge on any atom is -0.389 e. The highest BCUT2D eigenvalue weighted by Crippen LogP contribution is 2.51. The topological polar surface area (TPSA) is 145 Å². The molecule has 2 aliphatic heterocycles. The number of likely N-dealkylation sites (tertiary alicyclic amines) is 1. The van der Waals surface area contributed by atoms with Crippen LogP contribution in [0.15, 0.2) is 48.5 Å². The number of fused-ring (bicyclic) bond motifs is 4. The molecule has 0 spiro atoms. The summed E-state index contributed by atoms with van der Waals surface area (Å²) in [5, 5.41) is 18.2. The molecule has 10 nitrogen and oxygen atoms in total. The zero-order valence-corrected chi connectivity index (χ0v) is 23.6. The summed E-state index contributed by atoms with van der Waals surface area (Å²) < 4.78 is 0. The van der Waals surface area contributed by atoms with Gasteiger partial charge < -0.3 is 26.0 Å². The molecule has 2 aromatic carbocycles. The van der Waals surface area contributed by atoms with Crippen LogP contribution in [0.25, 0.3) is 11.1 Å². The highest BCUT2D eigenvalue weighted by atomic mass is 16.3. The molecule has 2 saturated heterocycles. The van der Waals surface area contributed by atoms with Crippen LogP contribution in [-0.2, 0) is 29.5 Å². The molecule has 0 unspecified atom stereocenters. The van der Waals surface area contributed by atoms with Gasteiger partial charge in [-0.05, 0) is 59.8 Å². The smallest absolute Gasteiger partial charge is 0.258 e. The third kappa shape index (κ3) is 4.48. The van der Waals surface area contributed by atoms with E-state index < -0.39 is 41.8 Å². The van der Waals surface area contributed by atoms with Crippen molar-refractivity contribution in [3.63, 3.8) is 0 Å². The van der Waals surface area contributed by atoms with Crippen molar-refractivity contribution in [2.24, 2.45) is 17.8 Å². The highest BCUT2D eigenvalue weighted by molar-refractivity contribution is 6.04. The molecule has 4 amide bonds. The zero-order valence-electron chi connectivity index (χ0n) is 23.6. The molecule has 6 rings (SSSR count). The van der Waals surface area contributed by atoms with Gasteiger partial charge in [0.25, 0.3) is 5.91 Å². The van der Waals surface area contributed by atoms with Gasteiger partial charge in [-0.3, -0.25) is 24.0 Å². The van der Waals surface area contributed by atoms with Crippen LogP contribution >= 0.6 is 0 Å². The largest absolute Gasteiger partial charge is 0.389 e. The summed E-state index contributed by atoms with van der Waals surface area (Å²) in [7, 11) is 0. The van der Waals surface area contributed by atoms with E-state index in [4.69, 9.17) is 0 Å². The van der Waals surface area contributed by atoms with Crippen LogP contribution in [0.4, 0.5) is 0 Å². The van der Waals surface area contributed by atoms with E-state index in [0.29, 0.717) is 30.6 Å². The van der Waals surface area contributed by atoms with E-state index in [1.165, 1.54) is 6.92 Å². The number of benzene rings is 2. The fourth-order valence-electron chi connectivity index (χ4n) is 7.78. The molecule has 42 heavy (non-hydrogen) atoms. The maximum Gasteiger partial charge on any atom is 0.258 e. The van der Waals surface area contributed by atoms with Crippen molar-refractivity contribution in [1.82, 2.24) is 20.9 Å². The molecule has 0 radical (unpaired) electrons. The average Bonchev–Trinajstić information content (AvgIpc) is 3.75. The lowest BCUT2D eigenvalue weighted by Gasteiger charge is -2.38. The van der Waals surface area contributed by atoms with Gasteiger partial charge in [-0.25, -0.2) is 0 Å². The van der Waals surface area contributed by atoms with Crippen LogP contribution in [0.5, 0.6) is 0 Å². The summed E-state index contributed by atoms with van der Waals surface area (Å²) in [5.41, 5.74) is 1.49. The highest BCUT2D eigenvalue weighted by Gasteiger charge is 2.58. The van der Waals surface area contributed by atoms with Crippen molar-refractivity contribution in [3.05, 3.63) is 59.7 Å². The zero-order chi connectivity index (χ0) is 29.6. The molecule has 0 aromatic heterocycles. The molecule has 3 fully saturated rings. The minimum absolute atomic E-state index is 0.0856. The second-order valence-electron chi connectivity index (χ2n) is 12.0. The quantitative estimate of drug-likeness (QED) is 0.375. The van der Waals surface area contributed by atoms with E-state index in [9.17, 15) is 29.1 Å². The van der Waals surface area contributed by atoms with E-state index in [1.54, 1.807) is 4.90 Å². The number of hydrogen-bond acceptors (Lipinski definition) is 6. The standard InChI is InChI=1S/C32H36N4O6/c1-18(38)35-32(24-11-4-2-8-22(24)23-9-3-5-12-25(23)32)31(42)36-16-20-7-6-10-21(20)28(36)30(41)34-26(27(39)17-37)15-19-13-14-33-29(19)40/h2-5,8-9,11-12,19-21,26,28,37H,6-7,10,13-17H2,1H3,(H,33,40)(H,34,41)(H,35,38)/t19-,20+,21+,26+,28-/m0/s1. The van der Waals surface area contributed by atoms with E-state index in [0.717, 1.165) is 30.4 Å². The Morgan fingerprint density at radius 2 is 1.69 bits per heavy atom. The number of carbonyl (C=O) groups excluding carboxylic acids is 5. The lowest BCUT2D eigenvalue weighted by atomic mass is 9.85. The van der Waals surface area contributed by atoms with E-state index in [1.807, 2.05) is 48.5 Å². The summed E-state index contributed by atoms with van der Waals surface area (Å²) in [6.07, 6.45) is 3.20. The fourth-order valence-corrected chi connectivity index (χ4v) is 7.78. The molecule has 0 bridgehead atoms. The second kappa shape index (κ2) is 11.0. The van der Waals surface area contributed by atoms with E-state index in [-0.39, 0.29) is 36.0 Å². The molecular formula is C32H36N4O6. The summed E-state index contributed by atoms with van der Waals surface area (Å²) in [6.45, 7) is 1.47. The lowest BCUT2D eigenvalue weighted by Crippen LogP contribution is -2.61. The van der Waals surface area contributed by atoms with Crippen LogP contribution in [0.1, 0.15) is 50.2 Å². The van der Waals surface area contributed by atoms with Crippen molar-refractivity contribution in [3.8, 4) is 11.1 Å². The molecule has 220 valence electrons. The van der Waals surface area contributed by atoms with Gasteiger partial charge in [0.1, 0.15) is 12.6 Å². The molecule has 2 heterocycles. The second-order valence-corrected chi connectivity index (χ2v) is 12.0. The van der Waals surface area contributed by atoms with E-state index in [2.05, 4.69) is 16.0 Å². The van der Waals surface area contributed by atoms with Crippen LogP contribution in [-0.4, -0.2) is 71.2 Å². The van der Waals surface area contributed by atoms with Crippen molar-refractivity contribution < 1.29 is 29.1 Å². The Balaban J connectivity index is 1.38. The first-order valence-corrected chi connectivity index (χ1v) is 14.8. The number of aliphatic hydroxyl groups excluding tert-OH is 1. The van der Waals surface area contributed by atoms with Crippen molar-refractivity contribution >= 4 is 29.4 Å².